The van der Waals surface area contributed by atoms with Crippen LogP contribution in [0.4, 0.5) is 0 Å². The molecule has 0 saturated heterocycles. The van der Waals surface area contributed by atoms with Crippen molar-refractivity contribution in [3.8, 4) is 22.6 Å². The number of aromatic nitrogens is 5. The first-order valence-electron chi connectivity index (χ1n) is 6.25. The van der Waals surface area contributed by atoms with Gasteiger partial charge in [0.2, 0.25) is 0 Å². The molecule has 2 aromatic heterocycles. The van der Waals surface area contributed by atoms with Gasteiger partial charge >= 0.3 is 0 Å². The van der Waals surface area contributed by atoms with E-state index in [1.807, 2.05) is 10.7 Å². The van der Waals surface area contributed by atoms with E-state index in [0.29, 0.717) is 6.04 Å². The second-order valence-corrected chi connectivity index (χ2v) is 4.67. The average Bonchev–Trinajstić information content (AvgIpc) is 3.10. The van der Waals surface area contributed by atoms with Gasteiger partial charge in [-0.05, 0) is 25.5 Å². The van der Waals surface area contributed by atoms with Crippen LogP contribution in [0.5, 0.6) is 0 Å². The third-order valence-electron chi connectivity index (χ3n) is 3.02. The van der Waals surface area contributed by atoms with Crippen molar-refractivity contribution in [3.05, 3.63) is 42.9 Å². The zero-order chi connectivity index (χ0) is 13.2. The molecule has 0 unspecified atom stereocenters. The van der Waals surface area contributed by atoms with E-state index in [-0.39, 0.29) is 0 Å². The summed E-state index contributed by atoms with van der Waals surface area (Å²) in [5, 5.41) is 11.2. The van der Waals surface area contributed by atoms with Crippen LogP contribution < -0.4 is 0 Å². The fourth-order valence-electron chi connectivity index (χ4n) is 2.05. The SMILES string of the molecule is CC(C)n1ncnc1-c1ccc(-c2ccn[nH]2)cc1. The van der Waals surface area contributed by atoms with Crippen molar-refractivity contribution in [1.29, 1.82) is 0 Å². The molecule has 96 valence electrons. The van der Waals surface area contributed by atoms with Crippen LogP contribution in [-0.2, 0) is 0 Å². The minimum Gasteiger partial charge on any atom is -0.278 e. The molecular weight excluding hydrogens is 238 g/mol. The van der Waals surface area contributed by atoms with E-state index in [0.717, 1.165) is 22.6 Å². The molecule has 0 aliphatic carbocycles. The van der Waals surface area contributed by atoms with Gasteiger partial charge in [-0.2, -0.15) is 10.2 Å². The lowest BCUT2D eigenvalue weighted by Crippen LogP contribution is -2.04. The Labute approximate surface area is 111 Å². The van der Waals surface area contributed by atoms with Gasteiger partial charge in [0.1, 0.15) is 6.33 Å². The number of benzene rings is 1. The van der Waals surface area contributed by atoms with E-state index < -0.39 is 0 Å². The largest absolute Gasteiger partial charge is 0.278 e. The van der Waals surface area contributed by atoms with Crippen LogP contribution in [0.15, 0.2) is 42.9 Å². The van der Waals surface area contributed by atoms with Gasteiger partial charge in [0.25, 0.3) is 0 Å². The number of nitrogens with zero attached hydrogens (tertiary/aromatic N) is 4. The summed E-state index contributed by atoms with van der Waals surface area (Å²) in [6, 6.07) is 10.5. The molecule has 5 heteroatoms. The first-order chi connectivity index (χ1) is 9.25. The molecule has 0 bridgehead atoms. The zero-order valence-corrected chi connectivity index (χ0v) is 10.9. The number of aromatic amines is 1. The topological polar surface area (TPSA) is 59.4 Å². The van der Waals surface area contributed by atoms with Crippen LogP contribution in [0.3, 0.4) is 0 Å². The predicted octanol–water partition coefficient (Wildman–Crippen LogP) is 2.92. The fraction of sp³-hybridized carbons (Fsp3) is 0.214. The van der Waals surface area contributed by atoms with Gasteiger partial charge in [0.05, 0.1) is 5.69 Å². The van der Waals surface area contributed by atoms with Gasteiger partial charge < -0.3 is 0 Å². The van der Waals surface area contributed by atoms with E-state index in [9.17, 15) is 0 Å². The molecule has 19 heavy (non-hydrogen) atoms. The Balaban J connectivity index is 1.97. The van der Waals surface area contributed by atoms with Crippen LogP contribution in [0.25, 0.3) is 22.6 Å². The molecule has 2 heterocycles. The molecule has 0 saturated carbocycles. The number of hydrogen-bond acceptors (Lipinski definition) is 3. The summed E-state index contributed by atoms with van der Waals surface area (Å²) in [4.78, 5) is 4.33. The van der Waals surface area contributed by atoms with E-state index in [4.69, 9.17) is 0 Å². The smallest absolute Gasteiger partial charge is 0.158 e. The van der Waals surface area contributed by atoms with Gasteiger partial charge in [0, 0.05) is 17.8 Å². The Bertz CT molecular complexity index is 649. The highest BCUT2D eigenvalue weighted by molar-refractivity contribution is 5.64. The molecule has 0 aliphatic heterocycles. The van der Waals surface area contributed by atoms with Gasteiger partial charge in [-0.15, -0.1) is 0 Å². The van der Waals surface area contributed by atoms with Crippen LogP contribution in [-0.4, -0.2) is 25.0 Å². The highest BCUT2D eigenvalue weighted by Gasteiger charge is 2.10. The summed E-state index contributed by atoms with van der Waals surface area (Å²) in [6.07, 6.45) is 3.34. The maximum atomic E-state index is 4.33. The first-order valence-corrected chi connectivity index (χ1v) is 6.25. The Morgan fingerprint density at radius 3 is 2.42 bits per heavy atom. The van der Waals surface area contributed by atoms with E-state index >= 15 is 0 Å². The quantitative estimate of drug-likeness (QED) is 0.780. The van der Waals surface area contributed by atoms with Crippen molar-refractivity contribution in [2.24, 2.45) is 0 Å². The standard InChI is InChI=1S/C14H15N5/c1-10(2)19-14(15-9-17-19)12-5-3-11(4-6-12)13-7-8-16-18-13/h3-10H,1-2H3,(H,16,18). The molecule has 5 nitrogen and oxygen atoms in total. The predicted molar refractivity (Wildman–Crippen MR) is 73.4 cm³/mol. The molecule has 0 spiro atoms. The molecule has 0 amide bonds. The molecule has 0 aliphatic rings. The van der Waals surface area contributed by atoms with Crippen molar-refractivity contribution in [2.75, 3.05) is 0 Å². The number of rotatable bonds is 3. The third kappa shape index (κ3) is 2.14. The molecule has 3 rings (SSSR count). The van der Waals surface area contributed by atoms with Crippen molar-refractivity contribution in [3.63, 3.8) is 0 Å². The van der Waals surface area contributed by atoms with Crippen molar-refractivity contribution >= 4 is 0 Å². The third-order valence-corrected chi connectivity index (χ3v) is 3.02. The van der Waals surface area contributed by atoms with E-state index in [1.54, 1.807) is 12.5 Å². The maximum absolute atomic E-state index is 4.33. The Morgan fingerprint density at radius 2 is 1.79 bits per heavy atom. The molecule has 0 fully saturated rings. The lowest BCUT2D eigenvalue weighted by molar-refractivity contribution is 0.537. The number of hydrogen-bond donors (Lipinski definition) is 1. The summed E-state index contributed by atoms with van der Waals surface area (Å²) in [6.45, 7) is 4.19. The zero-order valence-electron chi connectivity index (χ0n) is 10.9. The van der Waals surface area contributed by atoms with E-state index in [1.165, 1.54) is 0 Å². The van der Waals surface area contributed by atoms with Crippen molar-refractivity contribution < 1.29 is 0 Å². The van der Waals surface area contributed by atoms with Gasteiger partial charge in [-0.25, -0.2) is 9.67 Å². The van der Waals surface area contributed by atoms with E-state index in [2.05, 4.69) is 58.4 Å². The minimum absolute atomic E-state index is 0.296. The highest BCUT2D eigenvalue weighted by Crippen LogP contribution is 2.23. The second kappa shape index (κ2) is 4.68. The Hall–Kier alpha value is -2.43. The lowest BCUT2D eigenvalue weighted by Gasteiger charge is -2.09. The monoisotopic (exact) mass is 253 g/mol. The fourth-order valence-corrected chi connectivity index (χ4v) is 2.05. The molecule has 1 aromatic carbocycles. The molecule has 0 atom stereocenters. The first kappa shape index (κ1) is 11.6. The van der Waals surface area contributed by atoms with Gasteiger partial charge in [-0.3, -0.25) is 5.10 Å². The number of H-pyrrole nitrogens is 1. The Morgan fingerprint density at radius 1 is 1.05 bits per heavy atom. The summed E-state index contributed by atoms with van der Waals surface area (Å²) in [7, 11) is 0. The van der Waals surface area contributed by atoms with Crippen molar-refractivity contribution in [2.45, 2.75) is 19.9 Å². The van der Waals surface area contributed by atoms with Crippen LogP contribution in [0.1, 0.15) is 19.9 Å². The average molecular weight is 253 g/mol. The highest BCUT2D eigenvalue weighted by atomic mass is 15.3. The normalized spacial score (nSPS) is 11.1. The molecule has 3 aromatic rings. The summed E-state index contributed by atoms with van der Waals surface area (Å²) < 4.78 is 1.92. The van der Waals surface area contributed by atoms with Gasteiger partial charge in [0.15, 0.2) is 5.82 Å². The van der Waals surface area contributed by atoms with Crippen LogP contribution in [0.2, 0.25) is 0 Å². The van der Waals surface area contributed by atoms with Gasteiger partial charge in [-0.1, -0.05) is 24.3 Å². The van der Waals surface area contributed by atoms with Crippen LogP contribution >= 0.6 is 0 Å². The van der Waals surface area contributed by atoms with Crippen LogP contribution in [0, 0.1) is 0 Å². The maximum Gasteiger partial charge on any atom is 0.158 e. The number of nitrogens with one attached hydrogen (secondary N) is 1. The minimum atomic E-state index is 0.296. The Kier molecular flexibility index (Phi) is 2.87. The molecular formula is C14H15N5. The summed E-state index contributed by atoms with van der Waals surface area (Å²) >= 11 is 0. The lowest BCUT2D eigenvalue weighted by atomic mass is 10.1. The molecule has 0 radical (unpaired) electrons. The van der Waals surface area contributed by atoms with Crippen molar-refractivity contribution in [1.82, 2.24) is 25.0 Å². The summed E-state index contributed by atoms with van der Waals surface area (Å²) in [5.74, 6) is 0.895. The molecule has 1 N–H and O–H groups in total. The summed E-state index contributed by atoms with van der Waals surface area (Å²) in [5.41, 5.74) is 3.18. The second-order valence-electron chi connectivity index (χ2n) is 4.67.